The first-order valence-corrected chi connectivity index (χ1v) is 9.18. The van der Waals surface area contributed by atoms with E-state index in [0.717, 1.165) is 11.1 Å². The van der Waals surface area contributed by atoms with Crippen LogP contribution in [0, 0.1) is 6.92 Å². The van der Waals surface area contributed by atoms with Crippen molar-refractivity contribution in [3.05, 3.63) is 101 Å². The van der Waals surface area contributed by atoms with E-state index in [1.807, 2.05) is 68.4 Å². The van der Waals surface area contributed by atoms with Crippen LogP contribution in [0.3, 0.4) is 0 Å². The summed E-state index contributed by atoms with van der Waals surface area (Å²) in [7, 11) is 0. The number of hydrogen-bond donors (Lipinski definition) is 2. The number of benzene rings is 2. The second kappa shape index (κ2) is 8.95. The topological polar surface area (TPSA) is 71.1 Å². The van der Waals surface area contributed by atoms with Crippen LogP contribution in [0.4, 0.5) is 0 Å². The first-order valence-electron chi connectivity index (χ1n) is 9.18. The molecule has 2 N–H and O–H groups in total. The van der Waals surface area contributed by atoms with E-state index in [9.17, 15) is 9.59 Å². The number of aromatic nitrogens is 1. The number of pyridine rings is 1. The maximum atomic E-state index is 12.5. The Labute approximate surface area is 164 Å². The molecule has 5 nitrogen and oxygen atoms in total. The minimum atomic E-state index is -0.314. The molecule has 1 heterocycles. The van der Waals surface area contributed by atoms with Crippen molar-refractivity contribution >= 4 is 11.8 Å². The van der Waals surface area contributed by atoms with E-state index in [0.29, 0.717) is 12.1 Å². The molecular weight excluding hydrogens is 350 g/mol. The number of nitrogens with one attached hydrogen (secondary N) is 2. The normalized spacial score (nSPS) is 11.5. The third kappa shape index (κ3) is 5.04. The quantitative estimate of drug-likeness (QED) is 0.690. The average molecular weight is 373 g/mol. The first-order chi connectivity index (χ1) is 13.5. The number of amides is 2. The highest BCUT2D eigenvalue weighted by atomic mass is 16.2. The van der Waals surface area contributed by atoms with Crippen LogP contribution in [0.15, 0.2) is 72.9 Å². The van der Waals surface area contributed by atoms with E-state index < -0.39 is 0 Å². The van der Waals surface area contributed by atoms with E-state index in [2.05, 4.69) is 15.6 Å². The molecule has 0 saturated heterocycles. The second-order valence-electron chi connectivity index (χ2n) is 6.70. The summed E-state index contributed by atoms with van der Waals surface area (Å²) < 4.78 is 0. The number of carbonyl (C=O) groups excluding carboxylic acids is 2. The Balaban J connectivity index is 1.63. The third-order valence-corrected chi connectivity index (χ3v) is 4.48. The molecule has 0 aliphatic rings. The van der Waals surface area contributed by atoms with Crippen molar-refractivity contribution in [2.45, 2.75) is 26.4 Å². The van der Waals surface area contributed by atoms with Crippen LogP contribution < -0.4 is 10.6 Å². The average Bonchev–Trinajstić information content (AvgIpc) is 2.73. The molecule has 0 bridgehead atoms. The lowest BCUT2D eigenvalue weighted by molar-refractivity contribution is 0.0939. The third-order valence-electron chi connectivity index (χ3n) is 4.48. The molecule has 3 rings (SSSR count). The molecule has 0 radical (unpaired) electrons. The summed E-state index contributed by atoms with van der Waals surface area (Å²) in [5, 5.41) is 5.78. The van der Waals surface area contributed by atoms with Gasteiger partial charge in [-0.2, -0.15) is 0 Å². The molecule has 2 amide bonds. The monoisotopic (exact) mass is 373 g/mol. The van der Waals surface area contributed by atoms with Gasteiger partial charge in [0.25, 0.3) is 11.8 Å². The number of carbonyl (C=O) groups is 2. The minimum Gasteiger partial charge on any atom is -0.347 e. The van der Waals surface area contributed by atoms with E-state index >= 15 is 0 Å². The largest absolute Gasteiger partial charge is 0.347 e. The number of rotatable bonds is 6. The van der Waals surface area contributed by atoms with Crippen molar-refractivity contribution in [1.82, 2.24) is 15.6 Å². The van der Waals surface area contributed by atoms with Gasteiger partial charge >= 0.3 is 0 Å². The Hall–Kier alpha value is -3.47. The van der Waals surface area contributed by atoms with Crippen molar-refractivity contribution in [3.8, 4) is 0 Å². The Morgan fingerprint density at radius 2 is 1.68 bits per heavy atom. The molecule has 28 heavy (non-hydrogen) atoms. The molecule has 2 aromatic carbocycles. The van der Waals surface area contributed by atoms with E-state index in [1.54, 1.807) is 6.07 Å². The number of hydrogen-bond acceptors (Lipinski definition) is 3. The van der Waals surface area contributed by atoms with Crippen LogP contribution in [0.25, 0.3) is 0 Å². The molecule has 142 valence electrons. The first kappa shape index (κ1) is 19.3. The molecule has 0 aliphatic heterocycles. The van der Waals surface area contributed by atoms with Crippen LogP contribution in [0.2, 0.25) is 0 Å². The summed E-state index contributed by atoms with van der Waals surface area (Å²) in [5.41, 5.74) is 3.80. The van der Waals surface area contributed by atoms with Gasteiger partial charge in [0.2, 0.25) is 0 Å². The summed E-state index contributed by atoms with van der Waals surface area (Å²) in [6, 6.07) is 20.6. The van der Waals surface area contributed by atoms with Crippen LogP contribution in [-0.2, 0) is 6.54 Å². The lowest BCUT2D eigenvalue weighted by Crippen LogP contribution is -2.28. The van der Waals surface area contributed by atoms with Crippen molar-refractivity contribution in [3.63, 3.8) is 0 Å². The fraction of sp³-hybridized carbons (Fsp3) is 0.174. The van der Waals surface area contributed by atoms with Crippen molar-refractivity contribution in [2.24, 2.45) is 0 Å². The zero-order chi connectivity index (χ0) is 19.9. The van der Waals surface area contributed by atoms with Gasteiger partial charge in [-0.3, -0.25) is 14.6 Å². The van der Waals surface area contributed by atoms with Crippen molar-refractivity contribution < 1.29 is 9.59 Å². The Morgan fingerprint density at radius 3 is 2.39 bits per heavy atom. The lowest BCUT2D eigenvalue weighted by Gasteiger charge is -2.14. The molecule has 5 heteroatoms. The zero-order valence-electron chi connectivity index (χ0n) is 16.0. The summed E-state index contributed by atoms with van der Waals surface area (Å²) in [4.78, 5) is 29.0. The molecule has 0 fully saturated rings. The van der Waals surface area contributed by atoms with Gasteiger partial charge in [-0.25, -0.2) is 0 Å². The van der Waals surface area contributed by atoms with Gasteiger partial charge in [-0.1, -0.05) is 60.2 Å². The molecule has 3 aromatic rings. The van der Waals surface area contributed by atoms with Gasteiger partial charge in [-0.05, 0) is 37.1 Å². The highest BCUT2D eigenvalue weighted by Crippen LogP contribution is 2.13. The molecule has 0 saturated carbocycles. The Kier molecular flexibility index (Phi) is 6.17. The van der Waals surface area contributed by atoms with Crippen LogP contribution in [-0.4, -0.2) is 16.8 Å². The predicted molar refractivity (Wildman–Crippen MR) is 109 cm³/mol. The zero-order valence-corrected chi connectivity index (χ0v) is 16.0. The highest BCUT2D eigenvalue weighted by molar-refractivity contribution is 5.98. The maximum Gasteiger partial charge on any atom is 0.270 e. The maximum absolute atomic E-state index is 12.5. The van der Waals surface area contributed by atoms with E-state index in [4.69, 9.17) is 0 Å². The Bertz CT molecular complexity index is 953. The summed E-state index contributed by atoms with van der Waals surface area (Å²) in [5.74, 6) is -0.558. The fourth-order valence-corrected chi connectivity index (χ4v) is 2.78. The second-order valence-corrected chi connectivity index (χ2v) is 6.70. The van der Waals surface area contributed by atoms with Crippen LogP contribution in [0.5, 0.6) is 0 Å². The van der Waals surface area contributed by atoms with Crippen molar-refractivity contribution in [1.29, 1.82) is 0 Å². The van der Waals surface area contributed by atoms with Gasteiger partial charge in [0.15, 0.2) is 0 Å². The Morgan fingerprint density at radius 1 is 0.964 bits per heavy atom. The molecule has 0 spiro atoms. The predicted octanol–water partition coefficient (Wildman–Crippen LogP) is 3.81. The van der Waals surface area contributed by atoms with Gasteiger partial charge in [0, 0.05) is 18.3 Å². The summed E-state index contributed by atoms with van der Waals surface area (Å²) >= 11 is 0. The molecule has 1 aromatic heterocycles. The molecule has 0 aliphatic carbocycles. The van der Waals surface area contributed by atoms with Crippen LogP contribution in [0.1, 0.15) is 50.5 Å². The van der Waals surface area contributed by atoms with Gasteiger partial charge in [0.05, 0.1) is 6.04 Å². The van der Waals surface area contributed by atoms with Gasteiger partial charge in [-0.15, -0.1) is 0 Å². The number of nitrogens with zero attached hydrogens (tertiary/aromatic N) is 1. The highest BCUT2D eigenvalue weighted by Gasteiger charge is 2.14. The smallest absolute Gasteiger partial charge is 0.270 e. The van der Waals surface area contributed by atoms with E-state index in [1.165, 1.54) is 17.8 Å². The van der Waals surface area contributed by atoms with E-state index in [-0.39, 0.29) is 23.6 Å². The molecular formula is C23H23N3O2. The number of aryl methyl sites for hydroxylation is 1. The van der Waals surface area contributed by atoms with Gasteiger partial charge in [0.1, 0.15) is 5.69 Å². The summed E-state index contributed by atoms with van der Waals surface area (Å²) in [6.07, 6.45) is 1.48. The SMILES string of the molecule is Cc1ccc(CNC(=O)c2cc(C(=O)NC(C)c3ccccc3)ccn2)cc1. The fourth-order valence-electron chi connectivity index (χ4n) is 2.78. The molecule has 1 atom stereocenters. The van der Waals surface area contributed by atoms with Gasteiger partial charge < -0.3 is 10.6 Å². The lowest BCUT2D eigenvalue weighted by atomic mass is 10.1. The minimum absolute atomic E-state index is 0.138. The summed E-state index contributed by atoms with van der Waals surface area (Å²) in [6.45, 7) is 4.34. The molecule has 1 unspecified atom stereocenters. The standard InChI is InChI=1S/C23H23N3O2/c1-16-8-10-18(11-9-16)15-25-23(28)21-14-20(12-13-24-21)22(27)26-17(2)19-6-4-3-5-7-19/h3-14,17H,15H2,1-2H3,(H,25,28)(H,26,27). The van der Waals surface area contributed by atoms with Crippen LogP contribution >= 0.6 is 0 Å². The van der Waals surface area contributed by atoms with Crippen molar-refractivity contribution in [2.75, 3.05) is 0 Å².